The Morgan fingerprint density at radius 3 is 2.82 bits per heavy atom. The Balaban J connectivity index is 2.04. The Bertz CT molecular complexity index is 985. The molecule has 0 aromatic carbocycles. The van der Waals surface area contributed by atoms with E-state index >= 15 is 0 Å². The Hall–Kier alpha value is -2.46. The molecule has 1 aromatic heterocycles. The standard InChI is InChI=1S/C18H26N6O3S/c1-12(2)24-18(19)17(10-20-24)21-15-7-6-13(9-16(15)22-28(3,26)27)23-8-4-5-14(23)11-25/h6-7,9-10,12,14,25H,4-5,8,11H2,1-3H3,(H2,19,20,22)/p+1. The van der Waals surface area contributed by atoms with Gasteiger partial charge in [0, 0.05) is 31.0 Å². The molecule has 1 atom stereocenters. The molecule has 0 spiro atoms. The molecule has 3 rings (SSSR count). The molecule has 0 bridgehead atoms. The van der Waals surface area contributed by atoms with Gasteiger partial charge in [-0.2, -0.15) is 5.10 Å². The number of nitrogens with one attached hydrogen (secondary N) is 1. The number of nitrogens with zero attached hydrogens (tertiary/aromatic N) is 4. The molecular weight excluding hydrogens is 380 g/mol. The molecule has 1 aliphatic heterocycles. The van der Waals surface area contributed by atoms with Crippen molar-refractivity contribution in [3.63, 3.8) is 0 Å². The maximum absolute atomic E-state index is 11.9. The lowest BCUT2D eigenvalue weighted by Gasteiger charge is -2.14. The quantitative estimate of drug-likeness (QED) is 0.490. The minimum atomic E-state index is -3.50. The van der Waals surface area contributed by atoms with Crippen LogP contribution in [0.3, 0.4) is 0 Å². The number of aromatic nitrogens is 2. The van der Waals surface area contributed by atoms with E-state index in [-0.39, 0.29) is 18.7 Å². The molecule has 4 N–H and O–H groups in total. The van der Waals surface area contributed by atoms with Crippen LogP contribution >= 0.6 is 0 Å². The first-order chi connectivity index (χ1) is 13.2. The summed E-state index contributed by atoms with van der Waals surface area (Å²) in [5.41, 5.74) is 8.26. The molecule has 1 fully saturated rings. The molecular formula is C18H27N6O3S+. The largest absolute Gasteiger partial charge is 0.389 e. The molecule has 28 heavy (non-hydrogen) atoms. The van der Waals surface area contributed by atoms with E-state index in [1.54, 1.807) is 23.0 Å². The molecule has 1 saturated heterocycles. The molecule has 1 aliphatic carbocycles. The minimum Gasteiger partial charge on any atom is -0.389 e. The van der Waals surface area contributed by atoms with Gasteiger partial charge in [-0.15, -0.1) is 0 Å². The Labute approximate surface area is 165 Å². The van der Waals surface area contributed by atoms with Gasteiger partial charge in [0.25, 0.3) is 0 Å². The number of aliphatic imine (C=N–C) groups is 1. The second kappa shape index (κ2) is 7.88. The first-order valence-corrected chi connectivity index (χ1v) is 11.1. The average molecular weight is 408 g/mol. The Kier molecular flexibility index (Phi) is 5.71. The highest BCUT2D eigenvalue weighted by molar-refractivity contribution is 7.88. The Morgan fingerprint density at radius 2 is 2.21 bits per heavy atom. The number of hydrogen-bond donors (Lipinski definition) is 3. The van der Waals surface area contributed by atoms with Crippen molar-refractivity contribution < 1.29 is 18.1 Å². The van der Waals surface area contributed by atoms with Crippen LogP contribution in [0.15, 0.2) is 35.1 Å². The van der Waals surface area contributed by atoms with Crippen LogP contribution in [0.1, 0.15) is 32.7 Å². The van der Waals surface area contributed by atoms with Crippen LogP contribution in [0, 0.1) is 0 Å². The van der Waals surface area contributed by atoms with Crippen LogP contribution in [0.25, 0.3) is 0 Å². The number of sulfonamides is 1. The fourth-order valence-corrected chi connectivity index (χ4v) is 4.00. The summed E-state index contributed by atoms with van der Waals surface area (Å²) < 4.78 is 30.0. The zero-order valence-corrected chi connectivity index (χ0v) is 17.1. The lowest BCUT2D eigenvalue weighted by atomic mass is 10.1. The van der Waals surface area contributed by atoms with Crippen LogP contribution in [-0.2, 0) is 10.0 Å². The van der Waals surface area contributed by atoms with E-state index in [0.29, 0.717) is 22.9 Å². The highest BCUT2D eigenvalue weighted by Crippen LogP contribution is 2.26. The number of nitrogens with two attached hydrogens (primary N) is 1. The van der Waals surface area contributed by atoms with Crippen molar-refractivity contribution in [3.8, 4) is 0 Å². The number of hydrogen-bond acceptors (Lipinski definition) is 6. The van der Waals surface area contributed by atoms with Crippen LogP contribution in [-0.4, -0.2) is 64.8 Å². The maximum Gasteiger partial charge on any atom is 0.229 e. The number of aliphatic hydroxyl groups excluding tert-OH is 1. The summed E-state index contributed by atoms with van der Waals surface area (Å²) >= 11 is 0. The average Bonchev–Trinajstić information content (AvgIpc) is 3.22. The van der Waals surface area contributed by atoms with Gasteiger partial charge in [0.15, 0.2) is 6.04 Å². The van der Waals surface area contributed by atoms with E-state index < -0.39 is 10.0 Å². The normalized spacial score (nSPS) is 24.2. The number of anilines is 1. The van der Waals surface area contributed by atoms with Gasteiger partial charge < -0.3 is 10.8 Å². The van der Waals surface area contributed by atoms with Crippen LogP contribution in [0.2, 0.25) is 0 Å². The van der Waals surface area contributed by atoms with Crippen LogP contribution in [0.4, 0.5) is 11.5 Å². The van der Waals surface area contributed by atoms with E-state index in [1.165, 1.54) is 0 Å². The second-order valence-corrected chi connectivity index (χ2v) is 9.06. The van der Waals surface area contributed by atoms with Gasteiger partial charge in [-0.05, 0) is 19.9 Å². The van der Waals surface area contributed by atoms with E-state index in [2.05, 4.69) is 19.4 Å². The summed E-state index contributed by atoms with van der Waals surface area (Å²) in [5, 5.41) is 13.8. The fraction of sp³-hybridized carbons (Fsp3) is 0.500. The molecule has 9 nitrogen and oxygen atoms in total. The number of rotatable bonds is 5. The zero-order valence-electron chi connectivity index (χ0n) is 16.3. The highest BCUT2D eigenvalue weighted by Gasteiger charge is 2.30. The smallest absolute Gasteiger partial charge is 0.229 e. The molecule has 10 heteroatoms. The summed E-state index contributed by atoms with van der Waals surface area (Å²) in [5.74, 6) is 0.421. The predicted molar refractivity (Wildman–Crippen MR) is 110 cm³/mol. The fourth-order valence-electron chi connectivity index (χ4n) is 3.44. The molecule has 2 heterocycles. The SMILES string of the molecule is CC(C)n1ncc(/N=C2C=C/C(=[N+]3/CCCC3CO)C=C/2NS(C)(=O)=O)c1N. The topological polar surface area (TPSA) is 126 Å². The van der Waals surface area contributed by atoms with Gasteiger partial charge in [-0.25, -0.2) is 22.7 Å². The van der Waals surface area contributed by atoms with Crippen molar-refractivity contribution in [2.45, 2.75) is 38.8 Å². The monoisotopic (exact) mass is 407 g/mol. The highest BCUT2D eigenvalue weighted by atomic mass is 32.2. The number of aliphatic hydroxyl groups is 1. The van der Waals surface area contributed by atoms with Crippen molar-refractivity contribution in [2.75, 3.05) is 25.1 Å². The molecule has 1 aromatic rings. The molecule has 2 aliphatic rings. The van der Waals surface area contributed by atoms with E-state index in [1.807, 2.05) is 19.9 Å². The third-order valence-corrected chi connectivity index (χ3v) is 5.33. The molecule has 0 radical (unpaired) electrons. The minimum absolute atomic E-state index is 0.0359. The van der Waals surface area contributed by atoms with Crippen molar-refractivity contribution in [1.29, 1.82) is 0 Å². The number of nitrogen functional groups attached to an aromatic ring is 1. The third kappa shape index (κ3) is 4.33. The molecule has 152 valence electrons. The Morgan fingerprint density at radius 1 is 1.46 bits per heavy atom. The lowest BCUT2D eigenvalue weighted by molar-refractivity contribution is -0.545. The van der Waals surface area contributed by atoms with Crippen LogP contribution < -0.4 is 10.5 Å². The van der Waals surface area contributed by atoms with Gasteiger partial charge >= 0.3 is 0 Å². The second-order valence-electron chi connectivity index (χ2n) is 7.31. The van der Waals surface area contributed by atoms with Gasteiger partial charge in [0.2, 0.25) is 15.7 Å². The summed E-state index contributed by atoms with van der Waals surface area (Å²) in [6.45, 7) is 4.80. The first-order valence-electron chi connectivity index (χ1n) is 9.23. The summed E-state index contributed by atoms with van der Waals surface area (Å²) in [6, 6.07) is 0.124. The summed E-state index contributed by atoms with van der Waals surface area (Å²) in [6.07, 6.45) is 9.93. The summed E-state index contributed by atoms with van der Waals surface area (Å²) in [4.78, 5) is 4.53. The van der Waals surface area contributed by atoms with Crippen molar-refractivity contribution in [3.05, 3.63) is 30.1 Å². The van der Waals surface area contributed by atoms with E-state index in [0.717, 1.165) is 31.4 Å². The third-order valence-electron chi connectivity index (χ3n) is 4.74. The first kappa shape index (κ1) is 20.3. The van der Waals surface area contributed by atoms with Gasteiger partial charge in [-0.3, -0.25) is 4.72 Å². The van der Waals surface area contributed by atoms with E-state index in [9.17, 15) is 13.5 Å². The van der Waals surface area contributed by atoms with Gasteiger partial charge in [0.1, 0.15) is 24.7 Å². The van der Waals surface area contributed by atoms with Gasteiger partial charge in [0.05, 0.1) is 23.9 Å². The molecule has 1 unspecified atom stereocenters. The van der Waals surface area contributed by atoms with Crippen molar-refractivity contribution in [1.82, 2.24) is 14.5 Å². The van der Waals surface area contributed by atoms with E-state index in [4.69, 9.17) is 5.73 Å². The van der Waals surface area contributed by atoms with Crippen molar-refractivity contribution in [2.24, 2.45) is 4.99 Å². The van der Waals surface area contributed by atoms with Gasteiger partial charge in [-0.1, -0.05) is 0 Å². The molecule has 0 saturated carbocycles. The lowest BCUT2D eigenvalue weighted by Crippen LogP contribution is -2.32. The predicted octanol–water partition coefficient (Wildman–Crippen LogP) is 0.730. The molecule has 0 amide bonds. The number of allylic oxidation sites excluding steroid dienone is 3. The van der Waals surface area contributed by atoms with Crippen molar-refractivity contribution >= 4 is 33.0 Å². The maximum atomic E-state index is 11.9. The zero-order chi connectivity index (χ0) is 20.5. The summed E-state index contributed by atoms with van der Waals surface area (Å²) in [7, 11) is -3.50. The van der Waals surface area contributed by atoms with Crippen LogP contribution in [0.5, 0.6) is 0 Å².